The Hall–Kier alpha value is -1.94. The molecule has 0 N–H and O–H groups in total. The van der Waals surface area contributed by atoms with Gasteiger partial charge in [-0.3, -0.25) is 0 Å². The Morgan fingerprint density at radius 1 is 0.515 bits per heavy atom. The van der Waals surface area contributed by atoms with E-state index >= 15 is 0 Å². The minimum absolute atomic E-state index is 1.20. The van der Waals surface area contributed by atoms with Gasteiger partial charge in [-0.25, -0.2) is 0 Å². The van der Waals surface area contributed by atoms with Crippen LogP contribution in [-0.2, 0) is 12.8 Å². The van der Waals surface area contributed by atoms with Gasteiger partial charge in [-0.1, -0.05) is 88.1 Å². The Labute approximate surface area is 209 Å². The van der Waals surface area contributed by atoms with Gasteiger partial charge in [0.15, 0.2) is 0 Å². The molecular weight excluding hydrogens is 457 g/mol. The predicted molar refractivity (Wildman–Crippen MR) is 152 cm³/mol. The molecule has 5 aromatic rings. The average molecular weight is 489 g/mol. The molecule has 0 unspecified atom stereocenters. The van der Waals surface area contributed by atoms with Crippen LogP contribution in [0.4, 0.5) is 0 Å². The summed E-state index contributed by atoms with van der Waals surface area (Å²) in [5.41, 5.74) is 5.64. The first-order valence-corrected chi connectivity index (χ1v) is 14.8. The summed E-state index contributed by atoms with van der Waals surface area (Å²) in [5.74, 6) is 0. The van der Waals surface area contributed by atoms with Crippen molar-refractivity contribution in [2.45, 2.75) is 65.2 Å². The molecule has 33 heavy (non-hydrogen) atoms. The summed E-state index contributed by atoms with van der Waals surface area (Å²) in [4.78, 5) is 2.79. The third-order valence-corrected chi connectivity index (χ3v) is 10.3. The van der Waals surface area contributed by atoms with Gasteiger partial charge in [0.2, 0.25) is 0 Å². The zero-order chi connectivity index (χ0) is 22.6. The number of rotatable bonds is 10. The van der Waals surface area contributed by atoms with Crippen molar-refractivity contribution < 1.29 is 0 Å². The van der Waals surface area contributed by atoms with Gasteiger partial charge in [0.25, 0.3) is 0 Å². The lowest BCUT2D eigenvalue weighted by Crippen LogP contribution is -1.85. The van der Waals surface area contributed by atoms with Gasteiger partial charge in [-0.05, 0) is 60.1 Å². The number of benzene rings is 2. The van der Waals surface area contributed by atoms with Crippen LogP contribution in [0.1, 0.15) is 63.5 Å². The van der Waals surface area contributed by atoms with E-state index in [0.29, 0.717) is 0 Å². The number of hydrogen-bond acceptors (Lipinski definition) is 3. The molecule has 3 heteroatoms. The van der Waals surface area contributed by atoms with E-state index in [9.17, 15) is 0 Å². The predicted octanol–water partition coefficient (Wildman–Crippen LogP) is 11.0. The van der Waals surface area contributed by atoms with Gasteiger partial charge in [-0.2, -0.15) is 0 Å². The summed E-state index contributed by atoms with van der Waals surface area (Å²) in [6, 6.07) is 23.3. The van der Waals surface area contributed by atoms with E-state index < -0.39 is 0 Å². The highest BCUT2D eigenvalue weighted by atomic mass is 32.1. The van der Waals surface area contributed by atoms with Crippen molar-refractivity contribution in [2.75, 3.05) is 0 Å². The SMILES string of the molecule is CCCCCc1ccc(-c2cc3sc4cc(-c5ccc(CCCCC)cc5)sc4c3s2)cc1. The Balaban J connectivity index is 1.35. The van der Waals surface area contributed by atoms with E-state index in [1.54, 1.807) is 0 Å². The molecule has 3 aromatic heterocycles. The Morgan fingerprint density at radius 2 is 0.939 bits per heavy atom. The zero-order valence-electron chi connectivity index (χ0n) is 19.7. The number of thiophene rings is 3. The fourth-order valence-corrected chi connectivity index (χ4v) is 8.48. The topological polar surface area (TPSA) is 0 Å². The summed E-state index contributed by atoms with van der Waals surface area (Å²) < 4.78 is 5.79. The van der Waals surface area contributed by atoms with Crippen molar-refractivity contribution in [3.63, 3.8) is 0 Å². The van der Waals surface area contributed by atoms with Crippen LogP contribution in [0.5, 0.6) is 0 Å². The first-order valence-electron chi connectivity index (χ1n) is 12.4. The molecule has 0 nitrogen and oxygen atoms in total. The van der Waals surface area contributed by atoms with Gasteiger partial charge in [0, 0.05) is 19.2 Å². The van der Waals surface area contributed by atoms with Crippen molar-refractivity contribution in [1.82, 2.24) is 0 Å². The minimum atomic E-state index is 1.20. The van der Waals surface area contributed by atoms with Crippen molar-refractivity contribution in [3.05, 3.63) is 71.8 Å². The number of fused-ring (bicyclic) bond motifs is 3. The summed E-state index contributed by atoms with van der Waals surface area (Å²) in [6.07, 6.45) is 10.2. The smallest absolute Gasteiger partial charge is 0.0636 e. The van der Waals surface area contributed by atoms with E-state index in [4.69, 9.17) is 0 Å². The summed E-state index contributed by atoms with van der Waals surface area (Å²) >= 11 is 5.86. The highest BCUT2D eigenvalue weighted by Gasteiger charge is 2.15. The van der Waals surface area contributed by atoms with Crippen LogP contribution in [-0.4, -0.2) is 0 Å². The highest BCUT2D eigenvalue weighted by Crippen LogP contribution is 2.48. The van der Waals surface area contributed by atoms with E-state index in [-0.39, 0.29) is 0 Å². The first-order chi connectivity index (χ1) is 16.2. The molecule has 5 rings (SSSR count). The monoisotopic (exact) mass is 488 g/mol. The van der Waals surface area contributed by atoms with Gasteiger partial charge >= 0.3 is 0 Å². The molecule has 0 radical (unpaired) electrons. The molecule has 0 atom stereocenters. The summed E-state index contributed by atoms with van der Waals surface area (Å²) in [5, 5.41) is 0. The summed E-state index contributed by atoms with van der Waals surface area (Å²) in [7, 11) is 0. The average Bonchev–Trinajstić information content (AvgIpc) is 3.51. The molecule has 0 saturated heterocycles. The highest BCUT2D eigenvalue weighted by molar-refractivity contribution is 7.40. The van der Waals surface area contributed by atoms with Crippen LogP contribution < -0.4 is 0 Å². The third kappa shape index (κ3) is 5.11. The lowest BCUT2D eigenvalue weighted by atomic mass is 10.0. The molecule has 3 heterocycles. The van der Waals surface area contributed by atoms with Crippen molar-refractivity contribution >= 4 is 52.8 Å². The van der Waals surface area contributed by atoms with Crippen LogP contribution in [0.15, 0.2) is 60.7 Å². The Bertz CT molecular complexity index is 1210. The standard InChI is InChI=1S/C30H32S3/c1-3-5-7-9-21-11-15-23(16-12-21)25-19-27-29(32-25)30-28(31-27)20-26(33-30)24-17-13-22(14-18-24)10-8-6-4-2/h11-20H,3-10H2,1-2H3. The van der Waals surface area contributed by atoms with E-state index in [1.165, 1.54) is 102 Å². The van der Waals surface area contributed by atoms with Crippen molar-refractivity contribution in [2.24, 2.45) is 0 Å². The van der Waals surface area contributed by atoms with Crippen molar-refractivity contribution in [3.8, 4) is 20.9 Å². The minimum Gasteiger partial charge on any atom is -0.133 e. The molecule has 2 aromatic carbocycles. The second kappa shape index (κ2) is 10.5. The molecule has 170 valence electrons. The zero-order valence-corrected chi connectivity index (χ0v) is 22.1. The van der Waals surface area contributed by atoms with Crippen LogP contribution in [0.2, 0.25) is 0 Å². The number of unbranched alkanes of at least 4 members (excludes halogenated alkanes) is 4. The molecular formula is C30H32S3. The van der Waals surface area contributed by atoms with Crippen LogP contribution >= 0.6 is 34.0 Å². The number of aryl methyl sites for hydroxylation is 2. The quantitative estimate of drug-likeness (QED) is 0.171. The molecule has 0 amide bonds. The van der Waals surface area contributed by atoms with Crippen LogP contribution in [0, 0.1) is 0 Å². The van der Waals surface area contributed by atoms with E-state index in [2.05, 4.69) is 74.5 Å². The first kappa shape index (κ1) is 22.8. The maximum absolute atomic E-state index is 2.40. The summed E-state index contributed by atoms with van der Waals surface area (Å²) in [6.45, 7) is 4.54. The molecule has 0 spiro atoms. The van der Waals surface area contributed by atoms with Gasteiger partial charge in [-0.15, -0.1) is 34.0 Å². The largest absolute Gasteiger partial charge is 0.133 e. The molecule has 0 aliphatic rings. The second-order valence-corrected chi connectivity index (χ2v) is 12.2. The van der Waals surface area contributed by atoms with Crippen LogP contribution in [0.25, 0.3) is 39.7 Å². The number of hydrogen-bond donors (Lipinski definition) is 0. The van der Waals surface area contributed by atoms with Crippen LogP contribution in [0.3, 0.4) is 0 Å². The lowest BCUT2D eigenvalue weighted by molar-refractivity contribution is 0.717. The van der Waals surface area contributed by atoms with E-state index in [1.807, 2.05) is 34.0 Å². The Morgan fingerprint density at radius 3 is 1.33 bits per heavy atom. The fraction of sp³-hybridized carbons (Fsp3) is 0.333. The molecule has 0 aliphatic heterocycles. The maximum Gasteiger partial charge on any atom is 0.0636 e. The lowest BCUT2D eigenvalue weighted by Gasteiger charge is -2.02. The Kier molecular flexibility index (Phi) is 7.30. The van der Waals surface area contributed by atoms with Crippen molar-refractivity contribution in [1.29, 1.82) is 0 Å². The van der Waals surface area contributed by atoms with E-state index in [0.717, 1.165) is 0 Å². The molecule has 0 bridgehead atoms. The maximum atomic E-state index is 2.40. The fourth-order valence-electron chi connectivity index (χ4n) is 4.45. The van der Waals surface area contributed by atoms with Gasteiger partial charge in [0.1, 0.15) is 0 Å². The van der Waals surface area contributed by atoms with Gasteiger partial charge in [0.05, 0.1) is 9.40 Å². The molecule has 0 fully saturated rings. The normalized spacial score (nSPS) is 11.7. The molecule has 0 aliphatic carbocycles. The molecule has 0 saturated carbocycles. The third-order valence-electron chi connectivity index (χ3n) is 6.44. The van der Waals surface area contributed by atoms with Gasteiger partial charge < -0.3 is 0 Å². The second-order valence-electron chi connectivity index (χ2n) is 9.02.